The molecular weight excluding hydrogens is 304 g/mol. The van der Waals surface area contributed by atoms with Crippen molar-refractivity contribution in [1.82, 2.24) is 14.5 Å². The maximum Gasteiger partial charge on any atom is 0.320 e. The molecule has 0 N–H and O–H groups in total. The Hall–Kier alpha value is -1.79. The first-order valence-electron chi connectivity index (χ1n) is 7.02. The van der Waals surface area contributed by atoms with E-state index in [-0.39, 0.29) is 0 Å². The molecule has 0 fully saturated rings. The first-order valence-corrected chi connectivity index (χ1v) is 7.89. The fourth-order valence-corrected chi connectivity index (χ4v) is 3.52. The molecule has 0 radical (unpaired) electrons. The number of fused-ring (bicyclic) bond motifs is 1. The summed E-state index contributed by atoms with van der Waals surface area (Å²) in [4.78, 5) is 7.64. The molecule has 0 amide bonds. The number of halogens is 2. The van der Waals surface area contributed by atoms with Gasteiger partial charge in [0, 0.05) is 11.4 Å². The van der Waals surface area contributed by atoms with E-state index in [1.807, 2.05) is 23.4 Å². The lowest BCUT2D eigenvalue weighted by molar-refractivity contribution is 0.0689. The van der Waals surface area contributed by atoms with E-state index >= 15 is 0 Å². The highest BCUT2D eigenvalue weighted by Crippen LogP contribution is 2.24. The van der Waals surface area contributed by atoms with Crippen LogP contribution in [-0.2, 0) is 13.1 Å². The number of aryl methyl sites for hydroxylation is 1. The zero-order valence-electron chi connectivity index (χ0n) is 12.5. The molecule has 6 heteroatoms. The Balaban J connectivity index is 1.87. The SMILES string of the molecule is Cc1ccsc1CN(C)Cc1nc2ccccc2n1C(F)F. The average molecular weight is 321 g/mol. The van der Waals surface area contributed by atoms with E-state index in [2.05, 4.69) is 18.0 Å². The van der Waals surface area contributed by atoms with Crippen LogP contribution in [0.3, 0.4) is 0 Å². The summed E-state index contributed by atoms with van der Waals surface area (Å²) in [7, 11) is 1.92. The van der Waals surface area contributed by atoms with Crippen LogP contribution in [0, 0.1) is 6.92 Å². The fraction of sp³-hybridized carbons (Fsp3) is 0.312. The predicted molar refractivity (Wildman–Crippen MR) is 85.2 cm³/mol. The van der Waals surface area contributed by atoms with Crippen molar-refractivity contribution in [2.45, 2.75) is 26.6 Å². The van der Waals surface area contributed by atoms with Gasteiger partial charge in [0.15, 0.2) is 0 Å². The quantitative estimate of drug-likeness (QED) is 0.693. The van der Waals surface area contributed by atoms with Gasteiger partial charge in [0.2, 0.25) is 0 Å². The lowest BCUT2D eigenvalue weighted by Gasteiger charge is -2.17. The van der Waals surface area contributed by atoms with Crippen LogP contribution >= 0.6 is 11.3 Å². The molecule has 22 heavy (non-hydrogen) atoms. The Morgan fingerprint density at radius 1 is 1.23 bits per heavy atom. The van der Waals surface area contributed by atoms with E-state index in [9.17, 15) is 8.78 Å². The molecule has 1 aromatic carbocycles. The summed E-state index contributed by atoms with van der Waals surface area (Å²) in [6.45, 7) is 0.597. The Morgan fingerprint density at radius 3 is 2.68 bits per heavy atom. The molecule has 0 saturated heterocycles. The molecule has 0 atom stereocenters. The summed E-state index contributed by atoms with van der Waals surface area (Å²) in [5.41, 5.74) is 2.32. The van der Waals surface area contributed by atoms with E-state index in [1.165, 1.54) is 10.4 Å². The summed E-state index contributed by atoms with van der Waals surface area (Å²) in [5, 5.41) is 2.05. The number of rotatable bonds is 5. The van der Waals surface area contributed by atoms with Crippen LogP contribution in [0.1, 0.15) is 22.8 Å². The van der Waals surface area contributed by atoms with Gasteiger partial charge in [0.05, 0.1) is 17.6 Å². The van der Waals surface area contributed by atoms with Gasteiger partial charge in [-0.25, -0.2) is 4.98 Å². The smallest absolute Gasteiger partial charge is 0.294 e. The number of hydrogen-bond donors (Lipinski definition) is 0. The molecule has 3 rings (SSSR count). The standard InChI is InChI=1S/C16H17F2N3S/c1-11-7-8-22-14(11)9-20(2)10-15-19-12-5-3-4-6-13(12)21(15)16(17)18/h3-8,16H,9-10H2,1-2H3. The van der Waals surface area contributed by atoms with Crippen molar-refractivity contribution in [2.24, 2.45) is 0 Å². The third-order valence-electron chi connectivity index (χ3n) is 3.66. The highest BCUT2D eigenvalue weighted by atomic mass is 32.1. The molecule has 0 saturated carbocycles. The molecule has 2 aromatic heterocycles. The largest absolute Gasteiger partial charge is 0.320 e. The topological polar surface area (TPSA) is 21.1 Å². The summed E-state index contributed by atoms with van der Waals surface area (Å²) in [6.07, 6.45) is 0. The zero-order chi connectivity index (χ0) is 15.7. The number of thiophene rings is 1. The van der Waals surface area contributed by atoms with E-state index in [4.69, 9.17) is 0 Å². The van der Waals surface area contributed by atoms with Crippen LogP contribution in [0.2, 0.25) is 0 Å². The van der Waals surface area contributed by atoms with Crippen LogP contribution in [0.4, 0.5) is 8.78 Å². The number of nitrogens with zero attached hydrogens (tertiary/aromatic N) is 3. The molecule has 0 aliphatic carbocycles. The van der Waals surface area contributed by atoms with Crippen LogP contribution in [0.15, 0.2) is 35.7 Å². The van der Waals surface area contributed by atoms with Crippen molar-refractivity contribution in [3.8, 4) is 0 Å². The molecule has 3 aromatic rings. The minimum Gasteiger partial charge on any atom is -0.294 e. The van der Waals surface area contributed by atoms with Crippen molar-refractivity contribution in [3.63, 3.8) is 0 Å². The molecule has 2 heterocycles. The maximum atomic E-state index is 13.4. The van der Waals surface area contributed by atoms with Gasteiger partial charge < -0.3 is 0 Å². The number of hydrogen-bond acceptors (Lipinski definition) is 3. The molecule has 3 nitrogen and oxygen atoms in total. The Morgan fingerprint density at radius 2 is 2.00 bits per heavy atom. The predicted octanol–water partition coefficient (Wildman–Crippen LogP) is 4.43. The third kappa shape index (κ3) is 2.89. The minimum absolute atomic E-state index is 0.385. The van der Waals surface area contributed by atoms with Crippen molar-refractivity contribution < 1.29 is 8.78 Å². The first-order chi connectivity index (χ1) is 10.6. The van der Waals surface area contributed by atoms with Crippen LogP contribution in [-0.4, -0.2) is 21.5 Å². The van der Waals surface area contributed by atoms with Gasteiger partial charge in [-0.1, -0.05) is 12.1 Å². The van der Waals surface area contributed by atoms with Crippen molar-refractivity contribution in [1.29, 1.82) is 0 Å². The number of para-hydroxylation sites is 2. The molecule has 0 bridgehead atoms. The zero-order valence-corrected chi connectivity index (χ0v) is 13.3. The third-order valence-corrected chi connectivity index (χ3v) is 4.66. The summed E-state index contributed by atoms with van der Waals surface area (Å²) < 4.78 is 27.8. The second kappa shape index (κ2) is 6.14. The Labute approximate surface area is 131 Å². The van der Waals surface area contributed by atoms with Gasteiger partial charge in [0.25, 0.3) is 0 Å². The summed E-state index contributed by atoms with van der Waals surface area (Å²) >= 11 is 1.69. The van der Waals surface area contributed by atoms with E-state index in [1.54, 1.807) is 29.5 Å². The number of imidazole rings is 1. The van der Waals surface area contributed by atoms with Crippen LogP contribution < -0.4 is 0 Å². The average Bonchev–Trinajstić information content (AvgIpc) is 3.02. The fourth-order valence-electron chi connectivity index (χ4n) is 2.53. The Bertz CT molecular complexity index is 779. The van der Waals surface area contributed by atoms with E-state index < -0.39 is 6.55 Å². The van der Waals surface area contributed by atoms with Gasteiger partial charge in [-0.05, 0) is 43.1 Å². The van der Waals surface area contributed by atoms with Gasteiger partial charge in [-0.3, -0.25) is 9.47 Å². The van der Waals surface area contributed by atoms with Gasteiger partial charge in [-0.15, -0.1) is 11.3 Å². The molecular formula is C16H17F2N3S. The monoisotopic (exact) mass is 321 g/mol. The lowest BCUT2D eigenvalue weighted by atomic mass is 10.3. The van der Waals surface area contributed by atoms with Gasteiger partial charge >= 0.3 is 6.55 Å². The highest BCUT2D eigenvalue weighted by molar-refractivity contribution is 7.10. The maximum absolute atomic E-state index is 13.4. The normalized spacial score (nSPS) is 11.9. The van der Waals surface area contributed by atoms with Crippen LogP contribution in [0.25, 0.3) is 11.0 Å². The lowest BCUT2D eigenvalue weighted by Crippen LogP contribution is -2.20. The van der Waals surface area contributed by atoms with Crippen molar-refractivity contribution >= 4 is 22.4 Å². The minimum atomic E-state index is -2.58. The number of alkyl halides is 2. The van der Waals surface area contributed by atoms with Gasteiger partial charge in [-0.2, -0.15) is 8.78 Å². The number of aromatic nitrogens is 2. The van der Waals surface area contributed by atoms with Crippen LogP contribution in [0.5, 0.6) is 0 Å². The molecule has 116 valence electrons. The molecule has 0 aliphatic rings. The van der Waals surface area contributed by atoms with Crippen molar-refractivity contribution in [3.05, 3.63) is 52.0 Å². The van der Waals surface area contributed by atoms with E-state index in [0.717, 1.165) is 11.1 Å². The highest BCUT2D eigenvalue weighted by Gasteiger charge is 2.18. The Kier molecular flexibility index (Phi) is 4.22. The molecule has 0 spiro atoms. The second-order valence-electron chi connectivity index (χ2n) is 5.36. The van der Waals surface area contributed by atoms with Crippen molar-refractivity contribution in [2.75, 3.05) is 7.05 Å². The second-order valence-corrected chi connectivity index (χ2v) is 6.36. The summed E-state index contributed by atoms with van der Waals surface area (Å²) in [6, 6.07) is 9.09. The molecule has 0 unspecified atom stereocenters. The summed E-state index contributed by atoms with van der Waals surface area (Å²) in [5.74, 6) is 0.396. The molecule has 0 aliphatic heterocycles. The van der Waals surface area contributed by atoms with E-state index in [0.29, 0.717) is 23.4 Å². The number of benzene rings is 1. The van der Waals surface area contributed by atoms with Gasteiger partial charge in [0.1, 0.15) is 5.82 Å². The first kappa shape index (κ1) is 15.1.